The summed E-state index contributed by atoms with van der Waals surface area (Å²) >= 11 is 0. The van der Waals surface area contributed by atoms with Crippen LogP contribution in [0.5, 0.6) is 0 Å². The maximum atomic E-state index is 12.2. The Labute approximate surface area is 151 Å². The minimum absolute atomic E-state index is 0.0896. The van der Waals surface area contributed by atoms with E-state index in [2.05, 4.69) is 41.5 Å². The molecule has 2 amide bonds. The quantitative estimate of drug-likeness (QED) is 0.809. The van der Waals surface area contributed by atoms with Gasteiger partial charge in [0.05, 0.1) is 12.2 Å². The fraction of sp³-hybridized carbons (Fsp3) is 0.650. The van der Waals surface area contributed by atoms with Gasteiger partial charge in [0.2, 0.25) is 0 Å². The summed E-state index contributed by atoms with van der Waals surface area (Å²) in [7, 11) is 0. The largest absolute Gasteiger partial charge is 0.372 e. The molecule has 2 atom stereocenters. The summed E-state index contributed by atoms with van der Waals surface area (Å²) in [6.45, 7) is 6.02. The fourth-order valence-electron chi connectivity index (χ4n) is 3.92. The molecule has 0 radical (unpaired) electrons. The van der Waals surface area contributed by atoms with Crippen molar-refractivity contribution in [2.24, 2.45) is 0 Å². The molecular formula is C20H31N3O2. The molecule has 138 valence electrons. The first-order chi connectivity index (χ1) is 12.1. The zero-order valence-corrected chi connectivity index (χ0v) is 15.5. The van der Waals surface area contributed by atoms with Crippen LogP contribution in [0, 0.1) is 0 Å². The normalized spacial score (nSPS) is 25.3. The smallest absolute Gasteiger partial charge is 0.319 e. The van der Waals surface area contributed by atoms with Gasteiger partial charge in [-0.05, 0) is 51.0 Å². The van der Waals surface area contributed by atoms with Gasteiger partial charge in [-0.25, -0.2) is 4.79 Å². The lowest BCUT2D eigenvalue weighted by Gasteiger charge is -2.36. The third kappa shape index (κ3) is 5.36. The van der Waals surface area contributed by atoms with Crippen molar-refractivity contribution in [3.05, 3.63) is 24.3 Å². The second-order valence-corrected chi connectivity index (χ2v) is 7.50. The summed E-state index contributed by atoms with van der Waals surface area (Å²) in [6, 6.07) is 8.34. The average Bonchev–Trinajstić information content (AvgIpc) is 2.83. The van der Waals surface area contributed by atoms with Gasteiger partial charge in [-0.3, -0.25) is 0 Å². The van der Waals surface area contributed by atoms with Crippen LogP contribution >= 0.6 is 0 Å². The second kappa shape index (κ2) is 8.56. The van der Waals surface area contributed by atoms with Gasteiger partial charge in [0, 0.05) is 30.5 Å². The summed E-state index contributed by atoms with van der Waals surface area (Å²) in [5.74, 6) is 0. The molecule has 0 spiro atoms. The Bertz CT molecular complexity index is 543. The first-order valence-electron chi connectivity index (χ1n) is 9.68. The van der Waals surface area contributed by atoms with Gasteiger partial charge in [-0.2, -0.15) is 0 Å². The molecule has 2 N–H and O–H groups in total. The lowest BCUT2D eigenvalue weighted by atomic mass is 10.1. The van der Waals surface area contributed by atoms with Crippen LogP contribution < -0.4 is 15.5 Å². The summed E-state index contributed by atoms with van der Waals surface area (Å²) in [6.07, 6.45) is 7.70. The molecule has 3 rings (SSSR count). The van der Waals surface area contributed by atoms with Crippen molar-refractivity contribution in [3.8, 4) is 0 Å². The van der Waals surface area contributed by atoms with Gasteiger partial charge in [-0.15, -0.1) is 0 Å². The number of carbonyl (C=O) groups is 1. The molecule has 1 aliphatic carbocycles. The number of hydrogen-bond donors (Lipinski definition) is 2. The van der Waals surface area contributed by atoms with Crippen LogP contribution in [0.3, 0.4) is 0 Å². The minimum atomic E-state index is -0.0896. The summed E-state index contributed by atoms with van der Waals surface area (Å²) in [5, 5.41) is 6.08. The Balaban J connectivity index is 1.52. The number of anilines is 2. The van der Waals surface area contributed by atoms with Crippen molar-refractivity contribution in [1.82, 2.24) is 5.32 Å². The summed E-state index contributed by atoms with van der Waals surface area (Å²) in [5.41, 5.74) is 2.01. The number of ether oxygens (including phenoxy) is 1. The third-order valence-corrected chi connectivity index (χ3v) is 5.10. The molecular weight excluding hydrogens is 314 g/mol. The van der Waals surface area contributed by atoms with Crippen molar-refractivity contribution in [2.75, 3.05) is 23.3 Å². The van der Waals surface area contributed by atoms with Crippen LogP contribution in [0.1, 0.15) is 52.4 Å². The van der Waals surface area contributed by atoms with Gasteiger partial charge in [0.25, 0.3) is 0 Å². The van der Waals surface area contributed by atoms with Crippen LogP contribution in [0.2, 0.25) is 0 Å². The van der Waals surface area contributed by atoms with Crippen molar-refractivity contribution in [1.29, 1.82) is 0 Å². The van der Waals surface area contributed by atoms with Crippen molar-refractivity contribution >= 4 is 17.4 Å². The van der Waals surface area contributed by atoms with Crippen molar-refractivity contribution in [3.63, 3.8) is 0 Å². The summed E-state index contributed by atoms with van der Waals surface area (Å²) < 4.78 is 5.79. The second-order valence-electron chi connectivity index (χ2n) is 7.50. The monoisotopic (exact) mass is 345 g/mol. The van der Waals surface area contributed by atoms with E-state index in [1.54, 1.807) is 0 Å². The van der Waals surface area contributed by atoms with E-state index in [0.29, 0.717) is 6.04 Å². The molecule has 2 unspecified atom stereocenters. The van der Waals surface area contributed by atoms with Crippen LogP contribution in [0.25, 0.3) is 0 Å². The van der Waals surface area contributed by atoms with Gasteiger partial charge in [0.1, 0.15) is 0 Å². The fourth-order valence-corrected chi connectivity index (χ4v) is 3.92. The number of urea groups is 1. The molecule has 25 heavy (non-hydrogen) atoms. The lowest BCUT2D eigenvalue weighted by Crippen LogP contribution is -2.45. The molecule has 5 heteroatoms. The molecule has 1 aromatic rings. The van der Waals surface area contributed by atoms with E-state index in [1.165, 1.54) is 31.4 Å². The maximum absolute atomic E-state index is 12.2. The molecule has 2 fully saturated rings. The summed E-state index contributed by atoms with van der Waals surface area (Å²) in [4.78, 5) is 14.6. The molecule has 1 saturated carbocycles. The van der Waals surface area contributed by atoms with Gasteiger partial charge < -0.3 is 20.3 Å². The number of morpholine rings is 1. The Morgan fingerprint density at radius 3 is 2.20 bits per heavy atom. The third-order valence-electron chi connectivity index (χ3n) is 5.10. The standard InChI is InChI=1S/C20H31N3O2/c1-15-13-23(14-16(2)25-15)19-11-9-18(10-12-19)22-20(24)21-17-7-5-3-4-6-8-17/h9-12,15-17H,3-8,13-14H2,1-2H3,(H2,21,22,24). The van der Waals surface area contributed by atoms with Gasteiger partial charge in [0.15, 0.2) is 0 Å². The van der Waals surface area contributed by atoms with Crippen LogP contribution in [0.4, 0.5) is 16.2 Å². The molecule has 1 saturated heterocycles. The minimum Gasteiger partial charge on any atom is -0.372 e. The lowest BCUT2D eigenvalue weighted by molar-refractivity contribution is -0.00521. The predicted molar refractivity (Wildman–Crippen MR) is 102 cm³/mol. The van der Waals surface area contributed by atoms with E-state index < -0.39 is 0 Å². The van der Waals surface area contributed by atoms with E-state index in [-0.39, 0.29) is 18.2 Å². The average molecular weight is 345 g/mol. The Morgan fingerprint density at radius 2 is 1.60 bits per heavy atom. The number of nitrogens with zero attached hydrogens (tertiary/aromatic N) is 1. The Hall–Kier alpha value is -1.75. The number of benzene rings is 1. The van der Waals surface area contributed by atoms with Gasteiger partial charge in [-0.1, -0.05) is 25.7 Å². The first-order valence-corrected chi connectivity index (χ1v) is 9.68. The highest BCUT2D eigenvalue weighted by molar-refractivity contribution is 5.89. The van der Waals surface area contributed by atoms with Crippen molar-refractivity contribution in [2.45, 2.75) is 70.6 Å². The zero-order valence-electron chi connectivity index (χ0n) is 15.5. The Morgan fingerprint density at radius 1 is 1.00 bits per heavy atom. The van der Waals surface area contributed by atoms with E-state index >= 15 is 0 Å². The maximum Gasteiger partial charge on any atom is 0.319 e. The molecule has 1 heterocycles. The number of hydrogen-bond acceptors (Lipinski definition) is 3. The van der Waals surface area contributed by atoms with E-state index in [4.69, 9.17) is 4.74 Å². The number of rotatable bonds is 3. The Kier molecular flexibility index (Phi) is 6.19. The SMILES string of the molecule is CC1CN(c2ccc(NC(=O)NC3CCCCCC3)cc2)CC(C)O1. The van der Waals surface area contributed by atoms with Crippen molar-refractivity contribution < 1.29 is 9.53 Å². The predicted octanol–water partition coefficient (Wildman–Crippen LogP) is 4.14. The number of nitrogens with one attached hydrogen (secondary N) is 2. The topological polar surface area (TPSA) is 53.6 Å². The van der Waals surface area contributed by atoms with E-state index in [1.807, 2.05) is 12.1 Å². The number of carbonyl (C=O) groups excluding carboxylic acids is 1. The van der Waals surface area contributed by atoms with E-state index in [9.17, 15) is 4.79 Å². The van der Waals surface area contributed by atoms with Crippen LogP contribution in [0.15, 0.2) is 24.3 Å². The highest BCUT2D eigenvalue weighted by atomic mass is 16.5. The molecule has 0 bridgehead atoms. The highest BCUT2D eigenvalue weighted by Gasteiger charge is 2.22. The molecule has 0 aromatic heterocycles. The zero-order chi connectivity index (χ0) is 17.6. The van der Waals surface area contributed by atoms with Crippen LogP contribution in [-0.4, -0.2) is 37.4 Å². The molecule has 1 aromatic carbocycles. The number of amides is 2. The van der Waals surface area contributed by atoms with Crippen LogP contribution in [-0.2, 0) is 4.74 Å². The molecule has 2 aliphatic rings. The van der Waals surface area contributed by atoms with E-state index in [0.717, 1.165) is 31.6 Å². The molecule has 5 nitrogen and oxygen atoms in total. The molecule has 1 aliphatic heterocycles. The van der Waals surface area contributed by atoms with Gasteiger partial charge >= 0.3 is 6.03 Å². The highest BCUT2D eigenvalue weighted by Crippen LogP contribution is 2.22. The first kappa shape index (κ1) is 18.1.